The van der Waals surface area contributed by atoms with E-state index < -0.39 is 0 Å². The van der Waals surface area contributed by atoms with Crippen molar-refractivity contribution in [3.8, 4) is 17.1 Å². The lowest BCUT2D eigenvalue weighted by atomic mass is 10.3. The molecule has 0 saturated carbocycles. The normalized spacial score (nSPS) is 10.7. The summed E-state index contributed by atoms with van der Waals surface area (Å²) in [5.74, 6) is 1.26. The third-order valence-electron chi connectivity index (χ3n) is 2.76. The Labute approximate surface area is 104 Å². The van der Waals surface area contributed by atoms with Crippen molar-refractivity contribution in [2.45, 2.75) is 0 Å². The maximum Gasteiger partial charge on any atom is 0.163 e. The van der Waals surface area contributed by atoms with E-state index >= 15 is 0 Å². The summed E-state index contributed by atoms with van der Waals surface area (Å²) in [5, 5.41) is 8.32. The lowest BCUT2D eigenvalue weighted by Gasteiger charge is -2.04. The minimum absolute atomic E-state index is 0.553. The maximum atomic E-state index is 6.11. The Morgan fingerprint density at radius 2 is 1.89 bits per heavy atom. The van der Waals surface area contributed by atoms with Crippen molar-refractivity contribution in [2.75, 3.05) is 5.73 Å². The van der Waals surface area contributed by atoms with Gasteiger partial charge in [-0.15, -0.1) is 0 Å². The van der Waals surface area contributed by atoms with Crippen LogP contribution in [0, 0.1) is 0 Å². The van der Waals surface area contributed by atoms with Crippen molar-refractivity contribution < 1.29 is 0 Å². The molecule has 3 rings (SSSR count). The number of rotatable bonds is 2. The summed E-state index contributed by atoms with van der Waals surface area (Å²) in [7, 11) is 1.82. The number of anilines is 1. The molecule has 0 aliphatic carbocycles. The molecule has 6 nitrogen and oxygen atoms in total. The smallest absolute Gasteiger partial charge is 0.163 e. The highest BCUT2D eigenvalue weighted by atomic mass is 15.3. The fourth-order valence-electron chi connectivity index (χ4n) is 1.85. The van der Waals surface area contributed by atoms with E-state index in [2.05, 4.69) is 15.2 Å². The van der Waals surface area contributed by atoms with Gasteiger partial charge in [-0.1, -0.05) is 18.2 Å². The molecule has 0 fully saturated rings. The molecule has 0 aliphatic heterocycles. The Hall–Kier alpha value is -2.63. The van der Waals surface area contributed by atoms with Crippen molar-refractivity contribution in [3.63, 3.8) is 0 Å². The summed E-state index contributed by atoms with van der Waals surface area (Å²) in [6.45, 7) is 0. The lowest BCUT2D eigenvalue weighted by Crippen LogP contribution is -2.03. The van der Waals surface area contributed by atoms with Gasteiger partial charge in [0.15, 0.2) is 5.82 Å². The molecule has 2 heterocycles. The van der Waals surface area contributed by atoms with Crippen LogP contribution in [0.4, 0.5) is 5.82 Å². The first kappa shape index (κ1) is 10.5. The average molecular weight is 240 g/mol. The van der Waals surface area contributed by atoms with E-state index in [1.807, 2.05) is 37.4 Å². The quantitative estimate of drug-likeness (QED) is 0.731. The third-order valence-corrected chi connectivity index (χ3v) is 2.76. The number of aryl methyl sites for hydroxylation is 1. The Balaban J connectivity index is 2.12. The van der Waals surface area contributed by atoms with Crippen LogP contribution in [0.3, 0.4) is 0 Å². The van der Waals surface area contributed by atoms with E-state index in [-0.39, 0.29) is 0 Å². The van der Waals surface area contributed by atoms with E-state index in [9.17, 15) is 0 Å². The zero-order valence-corrected chi connectivity index (χ0v) is 9.85. The molecule has 90 valence electrons. The fraction of sp³-hybridized carbons (Fsp3) is 0.0833. The summed E-state index contributed by atoms with van der Waals surface area (Å²) >= 11 is 0. The molecule has 3 aromatic rings. The van der Waals surface area contributed by atoms with Crippen LogP contribution in [0.5, 0.6) is 0 Å². The molecule has 18 heavy (non-hydrogen) atoms. The van der Waals surface area contributed by atoms with Gasteiger partial charge in [0.2, 0.25) is 0 Å². The van der Waals surface area contributed by atoms with Crippen molar-refractivity contribution in [1.29, 1.82) is 0 Å². The van der Waals surface area contributed by atoms with Crippen molar-refractivity contribution in [2.24, 2.45) is 7.05 Å². The first-order valence-corrected chi connectivity index (χ1v) is 5.50. The number of hydrogen-bond acceptors (Lipinski definition) is 4. The van der Waals surface area contributed by atoms with Gasteiger partial charge in [0, 0.05) is 7.05 Å². The predicted molar refractivity (Wildman–Crippen MR) is 68.0 cm³/mol. The summed E-state index contributed by atoms with van der Waals surface area (Å²) < 4.78 is 3.35. The lowest BCUT2D eigenvalue weighted by molar-refractivity contribution is 0.775. The van der Waals surface area contributed by atoms with Gasteiger partial charge in [-0.2, -0.15) is 10.2 Å². The van der Waals surface area contributed by atoms with Crippen LogP contribution in [-0.4, -0.2) is 24.5 Å². The van der Waals surface area contributed by atoms with Gasteiger partial charge in [0.1, 0.15) is 12.1 Å². The molecule has 2 aromatic heterocycles. The number of nitrogen functional groups attached to an aromatic ring is 1. The summed E-state index contributed by atoms with van der Waals surface area (Å²) in [4.78, 5) is 4.17. The second kappa shape index (κ2) is 3.99. The topological polar surface area (TPSA) is 74.5 Å². The molecular weight excluding hydrogens is 228 g/mol. The third kappa shape index (κ3) is 1.55. The van der Waals surface area contributed by atoms with E-state index in [1.165, 1.54) is 6.33 Å². The molecule has 0 radical (unpaired) electrons. The Morgan fingerprint density at radius 3 is 2.56 bits per heavy atom. The second-order valence-electron chi connectivity index (χ2n) is 3.90. The fourth-order valence-corrected chi connectivity index (χ4v) is 1.85. The molecule has 0 aliphatic rings. The first-order chi connectivity index (χ1) is 8.77. The minimum atomic E-state index is 0.553. The molecule has 0 bridgehead atoms. The molecule has 0 saturated heterocycles. The largest absolute Gasteiger partial charge is 0.383 e. The van der Waals surface area contributed by atoms with Crippen LogP contribution in [0.1, 0.15) is 0 Å². The van der Waals surface area contributed by atoms with Crippen LogP contribution >= 0.6 is 0 Å². The first-order valence-electron chi connectivity index (χ1n) is 5.50. The van der Waals surface area contributed by atoms with E-state index in [1.54, 1.807) is 15.6 Å². The Morgan fingerprint density at radius 1 is 1.11 bits per heavy atom. The van der Waals surface area contributed by atoms with Gasteiger partial charge in [-0.25, -0.2) is 14.3 Å². The van der Waals surface area contributed by atoms with Gasteiger partial charge in [-0.05, 0) is 12.1 Å². The zero-order chi connectivity index (χ0) is 12.5. The SMILES string of the molecule is Cn1ncnc1-c1cnn(-c2ccccc2)c1N. The van der Waals surface area contributed by atoms with Crippen LogP contribution < -0.4 is 5.73 Å². The number of para-hydroxylation sites is 1. The maximum absolute atomic E-state index is 6.11. The summed E-state index contributed by atoms with van der Waals surface area (Å²) in [5.41, 5.74) is 7.81. The van der Waals surface area contributed by atoms with Gasteiger partial charge in [0.25, 0.3) is 0 Å². The van der Waals surface area contributed by atoms with Gasteiger partial charge < -0.3 is 5.73 Å². The Bertz CT molecular complexity index is 667. The molecule has 1 aromatic carbocycles. The second-order valence-corrected chi connectivity index (χ2v) is 3.90. The number of aromatic nitrogens is 5. The predicted octanol–water partition coefficient (Wildman–Crippen LogP) is 1.25. The molecule has 0 unspecified atom stereocenters. The Kier molecular flexibility index (Phi) is 2.33. The zero-order valence-electron chi connectivity index (χ0n) is 9.85. The van der Waals surface area contributed by atoms with E-state index in [4.69, 9.17) is 5.73 Å². The van der Waals surface area contributed by atoms with E-state index in [0.29, 0.717) is 11.6 Å². The summed E-state index contributed by atoms with van der Waals surface area (Å²) in [6, 6.07) is 9.73. The molecule has 0 atom stereocenters. The average Bonchev–Trinajstić information content (AvgIpc) is 2.96. The minimum Gasteiger partial charge on any atom is -0.383 e. The van der Waals surface area contributed by atoms with Crippen LogP contribution in [-0.2, 0) is 7.05 Å². The molecule has 2 N–H and O–H groups in total. The van der Waals surface area contributed by atoms with Crippen molar-refractivity contribution in [1.82, 2.24) is 24.5 Å². The van der Waals surface area contributed by atoms with Gasteiger partial charge in [0.05, 0.1) is 17.4 Å². The highest BCUT2D eigenvalue weighted by Crippen LogP contribution is 2.25. The molecule has 6 heteroatoms. The van der Waals surface area contributed by atoms with Crippen molar-refractivity contribution in [3.05, 3.63) is 42.9 Å². The van der Waals surface area contributed by atoms with Crippen LogP contribution in [0.25, 0.3) is 17.1 Å². The van der Waals surface area contributed by atoms with Crippen LogP contribution in [0.2, 0.25) is 0 Å². The van der Waals surface area contributed by atoms with Gasteiger partial charge in [-0.3, -0.25) is 0 Å². The number of benzene rings is 1. The molecular formula is C12H12N6. The molecule has 0 amide bonds. The highest BCUT2D eigenvalue weighted by molar-refractivity contribution is 5.69. The standard InChI is InChI=1S/C12H12N6/c1-17-12(14-8-16-17)10-7-15-18(11(10)13)9-5-3-2-4-6-9/h2-8H,13H2,1H3. The van der Waals surface area contributed by atoms with Gasteiger partial charge >= 0.3 is 0 Å². The number of hydrogen-bond donors (Lipinski definition) is 1. The monoisotopic (exact) mass is 240 g/mol. The molecule has 0 spiro atoms. The van der Waals surface area contributed by atoms with Crippen molar-refractivity contribution >= 4 is 5.82 Å². The summed E-state index contributed by atoms with van der Waals surface area (Å²) in [6.07, 6.45) is 3.20. The highest BCUT2D eigenvalue weighted by Gasteiger charge is 2.14. The van der Waals surface area contributed by atoms with E-state index in [0.717, 1.165) is 11.3 Å². The number of nitrogens with zero attached hydrogens (tertiary/aromatic N) is 5. The van der Waals surface area contributed by atoms with Crippen LogP contribution in [0.15, 0.2) is 42.9 Å². The number of nitrogens with two attached hydrogens (primary N) is 1.